The molecule has 2 fully saturated rings. The Morgan fingerprint density at radius 2 is 1.87 bits per heavy atom. The summed E-state index contributed by atoms with van der Waals surface area (Å²) in [5.41, 5.74) is 2.65. The average molecular weight is 574 g/mol. The number of pyridine rings is 1. The maximum atomic E-state index is 13.5. The minimum Gasteiger partial charge on any atom is -0.311 e. The number of aryl methyl sites for hydroxylation is 1. The lowest BCUT2D eigenvalue weighted by Crippen LogP contribution is -2.46. The van der Waals surface area contributed by atoms with Crippen molar-refractivity contribution in [1.82, 2.24) is 29.6 Å². The van der Waals surface area contributed by atoms with E-state index in [0.29, 0.717) is 45.2 Å². The van der Waals surface area contributed by atoms with Crippen molar-refractivity contribution in [3.8, 4) is 11.1 Å². The van der Waals surface area contributed by atoms with Crippen molar-refractivity contribution < 1.29 is 14.4 Å². The number of likely N-dealkylation sites (tertiary alicyclic amines) is 1. The molecule has 0 bridgehead atoms. The largest absolute Gasteiger partial charge is 0.323 e. The second-order valence-electron chi connectivity index (χ2n) is 9.78. The van der Waals surface area contributed by atoms with Crippen LogP contribution >= 0.6 is 15.9 Å². The first-order valence-electron chi connectivity index (χ1n) is 12.3. The number of hydrogen-bond acceptors (Lipinski definition) is 7. The van der Waals surface area contributed by atoms with Crippen LogP contribution in [0.1, 0.15) is 36.1 Å². The standard InChI is InChI=1S/C27H24BrN7O3/c1-14(36)26-19-8-16(18-11-29-15(2)30-12-18)6-7-20(19)34(33-26)13-23(37)22-10-17-9-21(17)35(22)27(38)32-25-5-3-4-24(28)31-25/h3-8,11-12,17,21-22H,9-10,13H2,1-2H3,(H,31,32,38)/t17-,21-,22?/m1/s1. The molecular weight excluding hydrogens is 550 g/mol. The van der Waals surface area contributed by atoms with Gasteiger partial charge >= 0.3 is 6.03 Å². The Balaban J connectivity index is 1.26. The summed E-state index contributed by atoms with van der Waals surface area (Å²) in [6.07, 6.45) is 4.99. The first kappa shape index (κ1) is 24.4. The molecule has 1 aliphatic heterocycles. The molecule has 4 heterocycles. The highest BCUT2D eigenvalue weighted by molar-refractivity contribution is 9.10. The molecule has 4 aromatic rings. The fraction of sp³-hybridized carbons (Fsp3) is 0.296. The molecule has 3 atom stereocenters. The number of anilines is 1. The highest BCUT2D eigenvalue weighted by atomic mass is 79.9. The minimum absolute atomic E-state index is 0.0419. The van der Waals surface area contributed by atoms with Crippen LogP contribution in [0.15, 0.2) is 53.4 Å². The quantitative estimate of drug-likeness (QED) is 0.267. The van der Waals surface area contributed by atoms with Crippen molar-refractivity contribution in [2.75, 3.05) is 5.32 Å². The molecule has 1 saturated carbocycles. The number of halogens is 1. The van der Waals surface area contributed by atoms with Crippen LogP contribution in [0.25, 0.3) is 22.0 Å². The summed E-state index contributed by atoms with van der Waals surface area (Å²) in [6.45, 7) is 3.24. The van der Waals surface area contributed by atoms with E-state index in [0.717, 1.165) is 17.5 Å². The summed E-state index contributed by atoms with van der Waals surface area (Å²) in [7, 11) is 0. The summed E-state index contributed by atoms with van der Waals surface area (Å²) in [6, 6.07) is 10.1. The summed E-state index contributed by atoms with van der Waals surface area (Å²) >= 11 is 3.31. The molecule has 6 rings (SSSR count). The third kappa shape index (κ3) is 4.47. The molecule has 0 spiro atoms. The third-order valence-corrected chi connectivity index (χ3v) is 7.61. The lowest BCUT2D eigenvalue weighted by atomic mass is 10.0. The highest BCUT2D eigenvalue weighted by Crippen LogP contribution is 2.48. The van der Waals surface area contributed by atoms with Gasteiger partial charge in [-0.3, -0.25) is 19.6 Å². The SMILES string of the molecule is CC(=O)c1nn(CC(=O)C2C[C@H]3C[C@H]3N2C(=O)Nc2cccc(Br)n2)c2ccc(-c3cnc(C)nc3)cc12. The first-order chi connectivity index (χ1) is 18.3. The number of piperidine rings is 1. The molecule has 3 aromatic heterocycles. The Morgan fingerprint density at radius 3 is 2.61 bits per heavy atom. The number of nitrogens with zero attached hydrogens (tertiary/aromatic N) is 6. The number of Topliss-reactive ketones (excluding diaryl/α,β-unsaturated/α-hetero) is 2. The fourth-order valence-corrected chi connectivity index (χ4v) is 5.57. The monoisotopic (exact) mass is 573 g/mol. The van der Waals surface area contributed by atoms with E-state index in [2.05, 4.69) is 41.3 Å². The number of carbonyl (C=O) groups is 3. The normalized spacial score (nSPS) is 19.9. The van der Waals surface area contributed by atoms with Gasteiger partial charge in [0.05, 0.1) is 11.6 Å². The second kappa shape index (κ2) is 9.39. The van der Waals surface area contributed by atoms with Gasteiger partial charge in [-0.15, -0.1) is 0 Å². The van der Waals surface area contributed by atoms with Gasteiger partial charge in [-0.1, -0.05) is 12.1 Å². The van der Waals surface area contributed by atoms with Gasteiger partial charge in [0.25, 0.3) is 0 Å². The van der Waals surface area contributed by atoms with Crippen LogP contribution in [0.3, 0.4) is 0 Å². The van der Waals surface area contributed by atoms with Gasteiger partial charge in [-0.25, -0.2) is 19.7 Å². The number of hydrogen-bond donors (Lipinski definition) is 1. The molecule has 10 nitrogen and oxygen atoms in total. The number of amides is 2. The van der Waals surface area contributed by atoms with Crippen molar-refractivity contribution in [2.24, 2.45) is 5.92 Å². The summed E-state index contributed by atoms with van der Waals surface area (Å²) in [5.74, 6) is 1.10. The maximum Gasteiger partial charge on any atom is 0.323 e. The molecule has 0 radical (unpaired) electrons. The van der Waals surface area contributed by atoms with Gasteiger partial charge in [-0.05, 0) is 71.4 Å². The molecule has 1 N–H and O–H groups in total. The predicted octanol–water partition coefficient (Wildman–Crippen LogP) is 4.43. The van der Waals surface area contributed by atoms with Crippen molar-refractivity contribution in [3.63, 3.8) is 0 Å². The summed E-state index contributed by atoms with van der Waals surface area (Å²) < 4.78 is 2.18. The highest BCUT2D eigenvalue weighted by Gasteiger charge is 2.56. The zero-order chi connectivity index (χ0) is 26.6. The Morgan fingerprint density at radius 1 is 1.08 bits per heavy atom. The number of aromatic nitrogens is 5. The number of nitrogens with one attached hydrogen (secondary N) is 1. The van der Waals surface area contributed by atoms with Gasteiger partial charge in [0.15, 0.2) is 11.6 Å². The molecule has 2 aliphatic rings. The van der Waals surface area contributed by atoms with Gasteiger partial charge in [0.1, 0.15) is 28.5 Å². The molecule has 11 heteroatoms. The van der Waals surface area contributed by atoms with E-state index in [9.17, 15) is 14.4 Å². The second-order valence-corrected chi connectivity index (χ2v) is 10.6. The van der Waals surface area contributed by atoms with E-state index in [1.54, 1.807) is 40.2 Å². The van der Waals surface area contributed by atoms with Crippen LogP contribution in [-0.4, -0.2) is 59.3 Å². The zero-order valence-electron chi connectivity index (χ0n) is 20.8. The summed E-state index contributed by atoms with van der Waals surface area (Å²) in [4.78, 5) is 53.6. The van der Waals surface area contributed by atoms with Crippen LogP contribution in [0, 0.1) is 12.8 Å². The fourth-order valence-electron chi connectivity index (χ4n) is 5.22. The number of urea groups is 1. The maximum absolute atomic E-state index is 13.5. The Kier molecular flexibility index (Phi) is 6.02. The molecule has 38 heavy (non-hydrogen) atoms. The van der Waals surface area contributed by atoms with Gasteiger partial charge in [-0.2, -0.15) is 5.10 Å². The predicted molar refractivity (Wildman–Crippen MR) is 144 cm³/mol. The van der Waals surface area contributed by atoms with Crippen LogP contribution in [0.2, 0.25) is 0 Å². The molecule has 1 saturated heterocycles. The van der Waals surface area contributed by atoms with Crippen LogP contribution in [-0.2, 0) is 11.3 Å². The number of rotatable bonds is 6. The van der Waals surface area contributed by atoms with Gasteiger partial charge in [0, 0.05) is 36.3 Å². The van der Waals surface area contributed by atoms with E-state index in [-0.39, 0.29) is 30.2 Å². The van der Waals surface area contributed by atoms with Crippen molar-refractivity contribution in [3.05, 3.63) is 64.9 Å². The molecule has 2 amide bonds. The lowest BCUT2D eigenvalue weighted by molar-refractivity contribution is -0.123. The smallest absolute Gasteiger partial charge is 0.311 e. The molecule has 1 aromatic carbocycles. The van der Waals surface area contributed by atoms with Crippen molar-refractivity contribution in [1.29, 1.82) is 0 Å². The Labute approximate surface area is 226 Å². The number of ketones is 2. The van der Waals surface area contributed by atoms with E-state index in [1.165, 1.54) is 6.92 Å². The topological polar surface area (TPSA) is 123 Å². The first-order valence-corrected chi connectivity index (χ1v) is 13.1. The van der Waals surface area contributed by atoms with Crippen molar-refractivity contribution >= 4 is 50.2 Å². The van der Waals surface area contributed by atoms with Gasteiger partial charge in [0.2, 0.25) is 0 Å². The number of fused-ring (bicyclic) bond motifs is 2. The Hall–Kier alpha value is -3.99. The molecular formula is C27H24BrN7O3. The number of carbonyl (C=O) groups excluding carboxylic acids is 3. The van der Waals surface area contributed by atoms with Crippen molar-refractivity contribution in [2.45, 2.75) is 45.3 Å². The third-order valence-electron chi connectivity index (χ3n) is 7.16. The van der Waals surface area contributed by atoms with Crippen LogP contribution in [0.5, 0.6) is 0 Å². The molecule has 1 aliphatic carbocycles. The Bertz CT molecular complexity index is 1600. The van der Waals surface area contributed by atoms with Gasteiger partial charge < -0.3 is 4.90 Å². The summed E-state index contributed by atoms with van der Waals surface area (Å²) in [5, 5.41) is 7.99. The molecule has 1 unspecified atom stereocenters. The lowest BCUT2D eigenvalue weighted by Gasteiger charge is -2.26. The van der Waals surface area contributed by atoms with E-state index in [4.69, 9.17) is 0 Å². The van der Waals surface area contributed by atoms with E-state index in [1.807, 2.05) is 25.1 Å². The molecule has 192 valence electrons. The average Bonchev–Trinajstić information content (AvgIpc) is 3.39. The minimum atomic E-state index is -0.560. The van der Waals surface area contributed by atoms with E-state index < -0.39 is 6.04 Å². The van der Waals surface area contributed by atoms with Crippen LogP contribution < -0.4 is 5.32 Å². The van der Waals surface area contributed by atoms with E-state index >= 15 is 0 Å². The van der Waals surface area contributed by atoms with Crippen LogP contribution in [0.4, 0.5) is 10.6 Å². The zero-order valence-corrected chi connectivity index (χ0v) is 22.3. The number of benzene rings is 1.